The molecular formula is C20H17ClN4O3. The molecule has 0 fully saturated rings. The fourth-order valence-electron chi connectivity index (χ4n) is 2.28. The SMILES string of the molecule is CCOC(=O)c1ccc(Nc2ncc(C(=O)Nc3ccc(Cl)cc3)cn2)cc1. The maximum Gasteiger partial charge on any atom is 0.338 e. The smallest absolute Gasteiger partial charge is 0.338 e. The van der Waals surface area contributed by atoms with Crippen molar-refractivity contribution in [2.45, 2.75) is 6.92 Å². The highest BCUT2D eigenvalue weighted by Crippen LogP contribution is 2.16. The van der Waals surface area contributed by atoms with Gasteiger partial charge < -0.3 is 15.4 Å². The summed E-state index contributed by atoms with van der Waals surface area (Å²) in [6, 6.07) is 13.5. The number of halogens is 1. The molecule has 0 saturated carbocycles. The first-order chi connectivity index (χ1) is 13.5. The van der Waals surface area contributed by atoms with Crippen molar-refractivity contribution < 1.29 is 14.3 Å². The summed E-state index contributed by atoms with van der Waals surface area (Å²) in [7, 11) is 0. The van der Waals surface area contributed by atoms with Gasteiger partial charge in [0.15, 0.2) is 0 Å². The van der Waals surface area contributed by atoms with E-state index in [1.54, 1.807) is 55.5 Å². The van der Waals surface area contributed by atoms with Crippen LogP contribution in [-0.2, 0) is 4.74 Å². The van der Waals surface area contributed by atoms with Gasteiger partial charge in [0.25, 0.3) is 5.91 Å². The van der Waals surface area contributed by atoms with Crippen LogP contribution in [0.15, 0.2) is 60.9 Å². The molecule has 0 aliphatic rings. The number of benzene rings is 2. The molecule has 0 spiro atoms. The van der Waals surface area contributed by atoms with Gasteiger partial charge in [-0.05, 0) is 55.5 Å². The molecular weight excluding hydrogens is 380 g/mol. The van der Waals surface area contributed by atoms with Crippen LogP contribution < -0.4 is 10.6 Å². The molecule has 2 N–H and O–H groups in total. The standard InChI is InChI=1S/C20H17ClN4O3/c1-2-28-19(27)13-3-7-17(8-4-13)25-20-22-11-14(12-23-20)18(26)24-16-9-5-15(21)6-10-16/h3-12H,2H2,1H3,(H,24,26)(H,22,23,25). The third-order valence-electron chi connectivity index (χ3n) is 3.67. The molecule has 7 nitrogen and oxygen atoms in total. The summed E-state index contributed by atoms with van der Waals surface area (Å²) in [4.78, 5) is 32.2. The van der Waals surface area contributed by atoms with Crippen molar-refractivity contribution in [3.63, 3.8) is 0 Å². The van der Waals surface area contributed by atoms with Gasteiger partial charge in [0.1, 0.15) is 0 Å². The molecule has 0 atom stereocenters. The lowest BCUT2D eigenvalue weighted by molar-refractivity contribution is 0.0526. The van der Waals surface area contributed by atoms with Crippen molar-refractivity contribution in [2.75, 3.05) is 17.2 Å². The molecule has 0 aliphatic heterocycles. The number of esters is 1. The van der Waals surface area contributed by atoms with Crippen LogP contribution in [-0.4, -0.2) is 28.5 Å². The second-order valence-corrected chi connectivity index (χ2v) is 6.12. The Hall–Kier alpha value is -3.45. The number of nitrogens with one attached hydrogen (secondary N) is 2. The van der Waals surface area contributed by atoms with Crippen molar-refractivity contribution in [2.24, 2.45) is 0 Å². The van der Waals surface area contributed by atoms with Gasteiger partial charge in [0.05, 0.1) is 17.7 Å². The predicted octanol–water partition coefficient (Wildman–Crippen LogP) is 4.30. The van der Waals surface area contributed by atoms with Gasteiger partial charge in [-0.25, -0.2) is 14.8 Å². The summed E-state index contributed by atoms with van der Waals surface area (Å²) in [6.07, 6.45) is 2.85. The molecule has 0 radical (unpaired) electrons. The monoisotopic (exact) mass is 396 g/mol. The van der Waals surface area contributed by atoms with Crippen LogP contribution in [0.2, 0.25) is 5.02 Å². The molecule has 3 rings (SSSR count). The third-order valence-corrected chi connectivity index (χ3v) is 3.92. The minimum absolute atomic E-state index is 0.318. The lowest BCUT2D eigenvalue weighted by Crippen LogP contribution is -2.13. The van der Waals surface area contributed by atoms with E-state index in [1.165, 1.54) is 12.4 Å². The summed E-state index contributed by atoms with van der Waals surface area (Å²) < 4.78 is 4.94. The van der Waals surface area contributed by atoms with Crippen molar-refractivity contribution >= 4 is 40.8 Å². The molecule has 0 aliphatic carbocycles. The van der Waals surface area contributed by atoms with Crippen molar-refractivity contribution in [3.05, 3.63) is 77.1 Å². The molecule has 8 heteroatoms. The first-order valence-corrected chi connectivity index (χ1v) is 8.86. The zero-order chi connectivity index (χ0) is 19.9. The van der Waals surface area contributed by atoms with Gasteiger partial charge in [-0.2, -0.15) is 0 Å². The molecule has 0 unspecified atom stereocenters. The van der Waals surface area contributed by atoms with Crippen LogP contribution in [0.5, 0.6) is 0 Å². The number of ether oxygens (including phenoxy) is 1. The predicted molar refractivity (Wildman–Crippen MR) is 107 cm³/mol. The van der Waals surface area contributed by atoms with Gasteiger partial charge in [0, 0.05) is 28.8 Å². The third kappa shape index (κ3) is 5.05. The fraction of sp³-hybridized carbons (Fsp3) is 0.100. The largest absolute Gasteiger partial charge is 0.462 e. The molecule has 28 heavy (non-hydrogen) atoms. The molecule has 1 amide bonds. The number of carbonyl (C=O) groups is 2. The second-order valence-electron chi connectivity index (χ2n) is 5.68. The number of aromatic nitrogens is 2. The van der Waals surface area contributed by atoms with Crippen LogP contribution in [0.4, 0.5) is 17.3 Å². The Morgan fingerprint density at radius 2 is 1.54 bits per heavy atom. The fourth-order valence-corrected chi connectivity index (χ4v) is 2.41. The first kappa shape index (κ1) is 19.3. The van der Waals surface area contributed by atoms with Crippen LogP contribution in [0, 0.1) is 0 Å². The molecule has 3 aromatic rings. The van der Waals surface area contributed by atoms with E-state index in [2.05, 4.69) is 20.6 Å². The normalized spacial score (nSPS) is 10.2. The lowest BCUT2D eigenvalue weighted by atomic mass is 10.2. The summed E-state index contributed by atoms with van der Waals surface area (Å²) in [6.45, 7) is 2.08. The Kier molecular flexibility index (Phi) is 6.18. The Morgan fingerprint density at radius 1 is 0.929 bits per heavy atom. The van der Waals surface area contributed by atoms with E-state index < -0.39 is 0 Å². The zero-order valence-corrected chi connectivity index (χ0v) is 15.7. The van der Waals surface area contributed by atoms with Crippen molar-refractivity contribution in [1.82, 2.24) is 9.97 Å². The summed E-state index contributed by atoms with van der Waals surface area (Å²) in [5.41, 5.74) is 2.10. The maximum absolute atomic E-state index is 12.2. The number of hydrogen-bond acceptors (Lipinski definition) is 6. The van der Waals surface area contributed by atoms with Crippen molar-refractivity contribution in [1.29, 1.82) is 0 Å². The van der Waals surface area contributed by atoms with Crippen LogP contribution in [0.25, 0.3) is 0 Å². The van der Waals surface area contributed by atoms with E-state index in [0.29, 0.717) is 40.1 Å². The lowest BCUT2D eigenvalue weighted by Gasteiger charge is -2.07. The quantitative estimate of drug-likeness (QED) is 0.603. The van der Waals surface area contributed by atoms with Crippen LogP contribution in [0.3, 0.4) is 0 Å². The second kappa shape index (κ2) is 8.96. The molecule has 1 heterocycles. The Bertz CT molecular complexity index is 958. The van der Waals surface area contributed by atoms with E-state index in [4.69, 9.17) is 16.3 Å². The topological polar surface area (TPSA) is 93.2 Å². The average molecular weight is 397 g/mol. The number of hydrogen-bond donors (Lipinski definition) is 2. The summed E-state index contributed by atoms with van der Waals surface area (Å²) in [5.74, 6) is -0.374. The highest BCUT2D eigenvalue weighted by molar-refractivity contribution is 6.30. The average Bonchev–Trinajstić information content (AvgIpc) is 2.71. The number of amides is 1. The van der Waals surface area contributed by atoms with E-state index in [0.717, 1.165) is 0 Å². The Morgan fingerprint density at radius 3 is 2.14 bits per heavy atom. The maximum atomic E-state index is 12.2. The van der Waals surface area contributed by atoms with E-state index in [-0.39, 0.29) is 11.9 Å². The molecule has 0 saturated heterocycles. The molecule has 2 aromatic carbocycles. The number of carbonyl (C=O) groups excluding carboxylic acids is 2. The molecule has 1 aromatic heterocycles. The molecule has 142 valence electrons. The van der Waals surface area contributed by atoms with Crippen LogP contribution in [0.1, 0.15) is 27.6 Å². The summed E-state index contributed by atoms with van der Waals surface area (Å²) >= 11 is 5.82. The van der Waals surface area contributed by atoms with Gasteiger partial charge in [-0.15, -0.1) is 0 Å². The van der Waals surface area contributed by atoms with Crippen LogP contribution >= 0.6 is 11.6 Å². The van der Waals surface area contributed by atoms with Gasteiger partial charge >= 0.3 is 5.97 Å². The van der Waals surface area contributed by atoms with E-state index in [1.807, 2.05) is 0 Å². The van der Waals surface area contributed by atoms with Gasteiger partial charge in [-0.1, -0.05) is 11.6 Å². The number of anilines is 3. The number of rotatable bonds is 6. The van der Waals surface area contributed by atoms with Crippen molar-refractivity contribution in [3.8, 4) is 0 Å². The Labute approximate surface area is 166 Å². The highest BCUT2D eigenvalue weighted by Gasteiger charge is 2.09. The van der Waals surface area contributed by atoms with Gasteiger partial charge in [0.2, 0.25) is 5.95 Å². The van der Waals surface area contributed by atoms with E-state index >= 15 is 0 Å². The minimum Gasteiger partial charge on any atom is -0.462 e. The Balaban J connectivity index is 1.61. The minimum atomic E-state index is -0.374. The van der Waals surface area contributed by atoms with E-state index in [9.17, 15) is 9.59 Å². The number of nitrogens with zero attached hydrogens (tertiary/aromatic N) is 2. The highest BCUT2D eigenvalue weighted by atomic mass is 35.5. The van der Waals surface area contributed by atoms with Gasteiger partial charge in [-0.3, -0.25) is 4.79 Å². The summed E-state index contributed by atoms with van der Waals surface area (Å²) in [5, 5.41) is 6.33. The zero-order valence-electron chi connectivity index (χ0n) is 15.0. The first-order valence-electron chi connectivity index (χ1n) is 8.48. The molecule has 0 bridgehead atoms.